The second kappa shape index (κ2) is 5.57. The lowest BCUT2D eigenvalue weighted by molar-refractivity contribution is 0.406. The lowest BCUT2D eigenvalue weighted by atomic mass is 9.91. The molecule has 0 aliphatic rings. The largest absolute Gasteiger partial charge is 0.364 e. The normalized spacial score (nSPS) is 14.6. The number of hydrogen-bond acceptors (Lipinski definition) is 3. The van der Waals surface area contributed by atoms with Gasteiger partial charge in [-0.1, -0.05) is 32.0 Å². The lowest BCUT2D eigenvalue weighted by Crippen LogP contribution is -2.43. The first-order valence-corrected chi connectivity index (χ1v) is 6.86. The number of fused-ring (bicyclic) bond motifs is 1. The van der Waals surface area contributed by atoms with Crippen molar-refractivity contribution < 1.29 is 0 Å². The zero-order valence-electron chi connectivity index (χ0n) is 12.0. The number of aromatic nitrogens is 1. The minimum atomic E-state index is -0.108. The summed E-state index contributed by atoms with van der Waals surface area (Å²) in [5, 5.41) is 4.65. The van der Waals surface area contributed by atoms with Gasteiger partial charge in [-0.2, -0.15) is 0 Å². The van der Waals surface area contributed by atoms with E-state index in [0.29, 0.717) is 12.5 Å². The number of hydrogen-bond donors (Lipinski definition) is 2. The Labute approximate surface area is 115 Å². The monoisotopic (exact) mass is 257 g/mol. The van der Waals surface area contributed by atoms with E-state index in [2.05, 4.69) is 43.2 Å². The molecule has 0 fully saturated rings. The molecule has 1 aromatic heterocycles. The van der Waals surface area contributed by atoms with Crippen molar-refractivity contribution in [1.82, 2.24) is 4.98 Å². The summed E-state index contributed by atoms with van der Waals surface area (Å²) in [4.78, 5) is 4.65. The maximum Gasteiger partial charge on any atom is 0.127 e. The molecular weight excluding hydrogens is 234 g/mol. The number of nitrogens with two attached hydrogens (primary N) is 1. The molecule has 0 aliphatic carbocycles. The molecule has 0 aliphatic heterocycles. The van der Waals surface area contributed by atoms with E-state index in [1.54, 1.807) is 0 Å². The van der Waals surface area contributed by atoms with Gasteiger partial charge in [0.15, 0.2) is 0 Å². The van der Waals surface area contributed by atoms with Gasteiger partial charge in [-0.25, -0.2) is 4.98 Å². The van der Waals surface area contributed by atoms with Gasteiger partial charge in [-0.15, -0.1) is 0 Å². The first-order chi connectivity index (χ1) is 9.02. The van der Waals surface area contributed by atoms with Crippen LogP contribution in [0, 0.1) is 5.92 Å². The van der Waals surface area contributed by atoms with Gasteiger partial charge in [-0.3, -0.25) is 0 Å². The molecule has 3 nitrogen and oxygen atoms in total. The molecule has 19 heavy (non-hydrogen) atoms. The number of benzene rings is 1. The smallest absolute Gasteiger partial charge is 0.127 e. The molecule has 1 aromatic carbocycles. The molecular formula is C16H23N3. The molecule has 2 aromatic rings. The predicted octanol–water partition coefficient (Wildman–Crippen LogP) is 3.41. The van der Waals surface area contributed by atoms with E-state index in [1.165, 1.54) is 0 Å². The summed E-state index contributed by atoms with van der Waals surface area (Å²) in [6.07, 6.45) is 1.03. The van der Waals surface area contributed by atoms with Crippen LogP contribution in [0.5, 0.6) is 0 Å². The van der Waals surface area contributed by atoms with Crippen LogP contribution in [0.2, 0.25) is 0 Å². The van der Waals surface area contributed by atoms with Crippen LogP contribution < -0.4 is 11.1 Å². The Hall–Kier alpha value is -1.61. The second-order valence-electron chi connectivity index (χ2n) is 5.88. The Morgan fingerprint density at radius 2 is 1.95 bits per heavy atom. The van der Waals surface area contributed by atoms with Crippen molar-refractivity contribution in [2.45, 2.75) is 32.7 Å². The number of anilines is 1. The van der Waals surface area contributed by atoms with Crippen LogP contribution in [-0.2, 0) is 0 Å². The Kier molecular flexibility index (Phi) is 4.05. The van der Waals surface area contributed by atoms with Crippen molar-refractivity contribution in [2.24, 2.45) is 11.7 Å². The van der Waals surface area contributed by atoms with Gasteiger partial charge in [0.05, 0.1) is 5.52 Å². The topological polar surface area (TPSA) is 50.9 Å². The fraction of sp³-hybridized carbons (Fsp3) is 0.438. The van der Waals surface area contributed by atoms with E-state index < -0.39 is 0 Å². The molecule has 0 saturated heterocycles. The molecule has 0 radical (unpaired) electrons. The minimum Gasteiger partial charge on any atom is -0.364 e. The first-order valence-electron chi connectivity index (χ1n) is 6.86. The van der Waals surface area contributed by atoms with E-state index in [1.807, 2.05) is 24.3 Å². The number of rotatable bonds is 5. The SMILES string of the molecule is CC(C)CC(C)(CN)Nc1ccc2ccccc2n1. The van der Waals surface area contributed by atoms with E-state index in [4.69, 9.17) is 5.73 Å². The summed E-state index contributed by atoms with van der Waals surface area (Å²) in [5.41, 5.74) is 6.83. The van der Waals surface area contributed by atoms with Gasteiger partial charge in [0, 0.05) is 17.5 Å². The first kappa shape index (κ1) is 13.8. The molecule has 0 saturated carbocycles. The zero-order valence-corrected chi connectivity index (χ0v) is 12.0. The summed E-state index contributed by atoms with van der Waals surface area (Å²) < 4.78 is 0. The van der Waals surface area contributed by atoms with Crippen molar-refractivity contribution in [3.63, 3.8) is 0 Å². The van der Waals surface area contributed by atoms with Gasteiger partial charge in [-0.05, 0) is 37.5 Å². The van der Waals surface area contributed by atoms with Crippen LogP contribution in [0.3, 0.4) is 0 Å². The Morgan fingerprint density at radius 1 is 1.21 bits per heavy atom. The van der Waals surface area contributed by atoms with Crippen LogP contribution in [-0.4, -0.2) is 17.1 Å². The summed E-state index contributed by atoms with van der Waals surface area (Å²) in [6, 6.07) is 12.3. The van der Waals surface area contributed by atoms with Crippen LogP contribution in [0.15, 0.2) is 36.4 Å². The molecule has 0 amide bonds. The Balaban J connectivity index is 2.24. The van der Waals surface area contributed by atoms with Gasteiger partial charge in [0.1, 0.15) is 5.82 Å². The number of nitrogens with zero attached hydrogens (tertiary/aromatic N) is 1. The van der Waals surface area contributed by atoms with Crippen molar-refractivity contribution >= 4 is 16.7 Å². The summed E-state index contributed by atoms with van der Waals surface area (Å²) in [7, 11) is 0. The summed E-state index contributed by atoms with van der Waals surface area (Å²) >= 11 is 0. The number of pyridine rings is 1. The highest BCUT2D eigenvalue weighted by Crippen LogP contribution is 2.22. The summed E-state index contributed by atoms with van der Waals surface area (Å²) in [5.74, 6) is 1.49. The molecule has 3 N–H and O–H groups in total. The van der Waals surface area contributed by atoms with Gasteiger partial charge < -0.3 is 11.1 Å². The van der Waals surface area contributed by atoms with Crippen molar-refractivity contribution in [3.8, 4) is 0 Å². The average molecular weight is 257 g/mol. The molecule has 3 heteroatoms. The predicted molar refractivity (Wildman–Crippen MR) is 82.3 cm³/mol. The van der Waals surface area contributed by atoms with Crippen molar-refractivity contribution in [3.05, 3.63) is 36.4 Å². The highest BCUT2D eigenvalue weighted by atomic mass is 15.1. The molecule has 1 atom stereocenters. The van der Waals surface area contributed by atoms with E-state index in [-0.39, 0.29) is 5.54 Å². The molecule has 0 bridgehead atoms. The third kappa shape index (κ3) is 3.44. The third-order valence-corrected chi connectivity index (χ3v) is 3.34. The molecule has 2 rings (SSSR count). The van der Waals surface area contributed by atoms with Crippen molar-refractivity contribution in [2.75, 3.05) is 11.9 Å². The van der Waals surface area contributed by atoms with Gasteiger partial charge in [0.2, 0.25) is 0 Å². The van der Waals surface area contributed by atoms with Crippen LogP contribution in [0.25, 0.3) is 10.9 Å². The van der Waals surface area contributed by atoms with Crippen LogP contribution >= 0.6 is 0 Å². The fourth-order valence-electron chi connectivity index (χ4n) is 2.53. The summed E-state index contributed by atoms with van der Waals surface area (Å²) in [6.45, 7) is 7.18. The fourth-order valence-corrected chi connectivity index (χ4v) is 2.53. The van der Waals surface area contributed by atoms with E-state index >= 15 is 0 Å². The number of para-hydroxylation sites is 1. The Morgan fingerprint density at radius 3 is 2.63 bits per heavy atom. The molecule has 102 valence electrons. The third-order valence-electron chi connectivity index (χ3n) is 3.34. The molecule has 0 spiro atoms. The minimum absolute atomic E-state index is 0.108. The zero-order chi connectivity index (χ0) is 13.9. The lowest BCUT2D eigenvalue weighted by Gasteiger charge is -2.31. The second-order valence-corrected chi connectivity index (χ2v) is 5.88. The van der Waals surface area contributed by atoms with Crippen LogP contribution in [0.4, 0.5) is 5.82 Å². The quantitative estimate of drug-likeness (QED) is 0.863. The highest BCUT2D eigenvalue weighted by Gasteiger charge is 2.23. The maximum absolute atomic E-state index is 5.93. The average Bonchev–Trinajstić information content (AvgIpc) is 2.37. The Bertz CT molecular complexity index is 550. The maximum atomic E-state index is 5.93. The van der Waals surface area contributed by atoms with Gasteiger partial charge >= 0.3 is 0 Å². The standard InChI is InChI=1S/C16H23N3/c1-12(2)10-16(3,11-17)19-15-9-8-13-6-4-5-7-14(13)18-15/h4-9,12H,10-11,17H2,1-3H3,(H,18,19). The van der Waals surface area contributed by atoms with Gasteiger partial charge in [0.25, 0.3) is 0 Å². The van der Waals surface area contributed by atoms with Crippen molar-refractivity contribution in [1.29, 1.82) is 0 Å². The molecule has 1 heterocycles. The number of nitrogens with one attached hydrogen (secondary N) is 1. The van der Waals surface area contributed by atoms with E-state index in [9.17, 15) is 0 Å². The van der Waals surface area contributed by atoms with Crippen LogP contribution in [0.1, 0.15) is 27.2 Å². The van der Waals surface area contributed by atoms with E-state index in [0.717, 1.165) is 23.1 Å². The molecule has 1 unspecified atom stereocenters. The highest BCUT2D eigenvalue weighted by molar-refractivity contribution is 5.80.